The lowest BCUT2D eigenvalue weighted by atomic mass is 10.2. The standard InChI is InChI=1S/C13H13N3O4S2/c17-12(18)10-7-4-8-16(10)22(19,20)13-14-11(15-21-13)9-5-2-1-3-6-9/h1-3,5-6,10H,4,7-8H2,(H,17,18). The molecule has 1 aromatic heterocycles. The molecule has 3 rings (SSSR count). The summed E-state index contributed by atoms with van der Waals surface area (Å²) in [6, 6.07) is 8.02. The van der Waals surface area contributed by atoms with Crippen LogP contribution in [0.2, 0.25) is 0 Å². The van der Waals surface area contributed by atoms with Crippen LogP contribution in [-0.4, -0.2) is 45.7 Å². The van der Waals surface area contributed by atoms with Gasteiger partial charge in [-0.05, 0) is 24.4 Å². The second kappa shape index (κ2) is 5.75. The molecule has 1 aromatic carbocycles. The Hall–Kier alpha value is -1.84. The molecule has 1 aliphatic heterocycles. The summed E-state index contributed by atoms with van der Waals surface area (Å²) < 4.78 is 30.0. The third-order valence-electron chi connectivity index (χ3n) is 3.46. The number of sulfonamides is 1. The lowest BCUT2D eigenvalue weighted by Crippen LogP contribution is -2.40. The Morgan fingerprint density at radius 1 is 1.32 bits per heavy atom. The Kier molecular flexibility index (Phi) is 3.94. The molecular weight excluding hydrogens is 326 g/mol. The van der Waals surface area contributed by atoms with Crippen LogP contribution in [0.15, 0.2) is 34.7 Å². The highest BCUT2D eigenvalue weighted by Crippen LogP contribution is 2.28. The number of benzene rings is 1. The molecular formula is C13H13N3O4S2. The molecule has 0 spiro atoms. The van der Waals surface area contributed by atoms with E-state index in [1.54, 1.807) is 12.1 Å². The summed E-state index contributed by atoms with van der Waals surface area (Å²) in [5.41, 5.74) is 0.719. The van der Waals surface area contributed by atoms with Gasteiger partial charge in [-0.3, -0.25) is 4.79 Å². The van der Waals surface area contributed by atoms with Crippen molar-refractivity contribution in [1.82, 2.24) is 13.7 Å². The zero-order valence-corrected chi connectivity index (χ0v) is 13.0. The maximum absolute atomic E-state index is 12.6. The molecule has 0 amide bonds. The first kappa shape index (κ1) is 15.1. The normalized spacial score (nSPS) is 19.4. The molecule has 9 heteroatoms. The average molecular weight is 339 g/mol. The van der Waals surface area contributed by atoms with E-state index in [1.165, 1.54) is 0 Å². The van der Waals surface area contributed by atoms with Gasteiger partial charge in [-0.1, -0.05) is 30.3 Å². The molecule has 1 aliphatic rings. The van der Waals surface area contributed by atoms with Crippen molar-refractivity contribution in [1.29, 1.82) is 0 Å². The lowest BCUT2D eigenvalue weighted by molar-refractivity contribution is -0.140. The quantitative estimate of drug-likeness (QED) is 0.905. The molecule has 1 saturated heterocycles. The molecule has 1 atom stereocenters. The highest BCUT2D eigenvalue weighted by atomic mass is 32.2. The maximum atomic E-state index is 12.6. The molecule has 2 heterocycles. The van der Waals surface area contributed by atoms with Crippen molar-refractivity contribution in [3.05, 3.63) is 30.3 Å². The Morgan fingerprint density at radius 2 is 2.05 bits per heavy atom. The third-order valence-corrected chi connectivity index (χ3v) is 6.41. The summed E-state index contributed by atoms with van der Waals surface area (Å²) >= 11 is 0.768. The van der Waals surface area contributed by atoms with E-state index in [0.717, 1.165) is 21.4 Å². The first-order valence-corrected chi connectivity index (χ1v) is 8.85. The lowest BCUT2D eigenvalue weighted by Gasteiger charge is -2.18. The van der Waals surface area contributed by atoms with E-state index in [2.05, 4.69) is 9.36 Å². The summed E-state index contributed by atoms with van der Waals surface area (Å²) in [5, 5.41) is 9.14. The van der Waals surface area contributed by atoms with Crippen LogP contribution in [-0.2, 0) is 14.8 Å². The van der Waals surface area contributed by atoms with Gasteiger partial charge >= 0.3 is 5.97 Å². The molecule has 2 aromatic rings. The van der Waals surface area contributed by atoms with Crippen LogP contribution in [0, 0.1) is 0 Å². The fourth-order valence-corrected chi connectivity index (χ4v) is 4.91. The number of carbonyl (C=O) groups is 1. The van der Waals surface area contributed by atoms with Crippen LogP contribution >= 0.6 is 11.5 Å². The van der Waals surface area contributed by atoms with Crippen LogP contribution in [0.3, 0.4) is 0 Å². The zero-order valence-electron chi connectivity index (χ0n) is 11.4. The van der Waals surface area contributed by atoms with E-state index < -0.39 is 22.0 Å². The second-order valence-corrected chi connectivity index (χ2v) is 7.68. The summed E-state index contributed by atoms with van der Waals surface area (Å²) in [6.45, 7) is 0.194. The average Bonchev–Trinajstić information content (AvgIpc) is 3.18. The van der Waals surface area contributed by atoms with Crippen LogP contribution in [0.5, 0.6) is 0 Å². The van der Waals surface area contributed by atoms with E-state index in [1.807, 2.05) is 18.2 Å². The molecule has 1 fully saturated rings. The van der Waals surface area contributed by atoms with E-state index in [-0.39, 0.29) is 10.9 Å². The van der Waals surface area contributed by atoms with Crippen LogP contribution in [0.25, 0.3) is 11.4 Å². The first-order valence-electron chi connectivity index (χ1n) is 6.64. The van der Waals surface area contributed by atoms with Crippen LogP contribution in [0.4, 0.5) is 0 Å². The van der Waals surface area contributed by atoms with Gasteiger partial charge in [0.05, 0.1) is 0 Å². The number of aromatic nitrogens is 2. The first-order chi connectivity index (χ1) is 10.5. The number of carboxylic acids is 1. The molecule has 0 aliphatic carbocycles. The Morgan fingerprint density at radius 3 is 2.73 bits per heavy atom. The monoisotopic (exact) mass is 339 g/mol. The highest BCUT2D eigenvalue weighted by Gasteiger charge is 2.41. The molecule has 0 saturated carbocycles. The number of rotatable bonds is 4. The minimum atomic E-state index is -3.92. The van der Waals surface area contributed by atoms with Crippen molar-refractivity contribution < 1.29 is 18.3 Å². The summed E-state index contributed by atoms with van der Waals surface area (Å²) in [7, 11) is -3.92. The summed E-state index contributed by atoms with van der Waals surface area (Å²) in [4.78, 5) is 15.3. The number of nitrogens with zero attached hydrogens (tertiary/aromatic N) is 3. The predicted octanol–water partition coefficient (Wildman–Crippen LogP) is 1.44. The predicted molar refractivity (Wildman–Crippen MR) is 79.9 cm³/mol. The number of hydrogen-bond acceptors (Lipinski definition) is 6. The maximum Gasteiger partial charge on any atom is 0.322 e. The number of aliphatic carboxylic acids is 1. The molecule has 7 nitrogen and oxygen atoms in total. The Balaban J connectivity index is 1.94. The molecule has 0 bridgehead atoms. The fraction of sp³-hybridized carbons (Fsp3) is 0.308. The van der Waals surface area contributed by atoms with Crippen molar-refractivity contribution in [2.24, 2.45) is 0 Å². The van der Waals surface area contributed by atoms with Gasteiger partial charge in [-0.25, -0.2) is 13.4 Å². The fourth-order valence-electron chi connectivity index (χ4n) is 2.39. The van der Waals surface area contributed by atoms with Gasteiger partial charge in [-0.15, -0.1) is 0 Å². The molecule has 22 heavy (non-hydrogen) atoms. The van der Waals surface area contributed by atoms with Crippen molar-refractivity contribution in [3.63, 3.8) is 0 Å². The van der Waals surface area contributed by atoms with Crippen LogP contribution < -0.4 is 0 Å². The third kappa shape index (κ3) is 2.62. The van der Waals surface area contributed by atoms with Gasteiger partial charge in [0, 0.05) is 12.1 Å². The van der Waals surface area contributed by atoms with Gasteiger partial charge in [0.1, 0.15) is 6.04 Å². The van der Waals surface area contributed by atoms with Crippen molar-refractivity contribution in [2.45, 2.75) is 23.2 Å². The smallest absolute Gasteiger partial charge is 0.322 e. The van der Waals surface area contributed by atoms with E-state index in [9.17, 15) is 13.2 Å². The molecule has 0 radical (unpaired) electrons. The molecule has 1 N–H and O–H groups in total. The van der Waals surface area contributed by atoms with E-state index >= 15 is 0 Å². The van der Waals surface area contributed by atoms with Crippen molar-refractivity contribution in [3.8, 4) is 11.4 Å². The largest absolute Gasteiger partial charge is 0.480 e. The topological polar surface area (TPSA) is 100 Å². The highest BCUT2D eigenvalue weighted by molar-refractivity contribution is 7.91. The Bertz CT molecular complexity index is 789. The number of carboxylic acid groups (broad SMARTS) is 1. The number of hydrogen-bond donors (Lipinski definition) is 1. The Labute approximate surface area is 131 Å². The zero-order chi connectivity index (χ0) is 15.7. The summed E-state index contributed by atoms with van der Waals surface area (Å²) in [5.74, 6) is -0.802. The second-order valence-electron chi connectivity index (χ2n) is 4.86. The van der Waals surface area contributed by atoms with Gasteiger partial charge < -0.3 is 5.11 Å². The molecule has 1 unspecified atom stereocenters. The minimum absolute atomic E-state index is 0.167. The van der Waals surface area contributed by atoms with Gasteiger partial charge in [0.15, 0.2) is 5.82 Å². The summed E-state index contributed by atoms with van der Waals surface area (Å²) in [6.07, 6.45) is 0.847. The van der Waals surface area contributed by atoms with Crippen molar-refractivity contribution in [2.75, 3.05) is 6.54 Å². The van der Waals surface area contributed by atoms with Crippen molar-refractivity contribution >= 4 is 27.5 Å². The van der Waals surface area contributed by atoms with Crippen LogP contribution in [0.1, 0.15) is 12.8 Å². The van der Waals surface area contributed by atoms with Gasteiger partial charge in [0.2, 0.25) is 4.34 Å². The molecule has 116 valence electrons. The van der Waals surface area contributed by atoms with Gasteiger partial charge in [-0.2, -0.15) is 8.68 Å². The van der Waals surface area contributed by atoms with Gasteiger partial charge in [0.25, 0.3) is 10.0 Å². The minimum Gasteiger partial charge on any atom is -0.480 e. The van der Waals surface area contributed by atoms with E-state index in [0.29, 0.717) is 18.7 Å². The SMILES string of the molecule is O=C(O)C1CCCN1S(=O)(=O)c1nc(-c2ccccc2)ns1. The van der Waals surface area contributed by atoms with E-state index in [4.69, 9.17) is 5.11 Å².